The fraction of sp³-hybridized carbons (Fsp3) is 0.0667. The van der Waals surface area contributed by atoms with Crippen LogP contribution in [0.4, 0.5) is 0 Å². The van der Waals surface area contributed by atoms with E-state index < -0.39 is 5.78 Å². The summed E-state index contributed by atoms with van der Waals surface area (Å²) < 4.78 is 5.75. The van der Waals surface area contributed by atoms with Gasteiger partial charge in [-0.1, -0.05) is 0 Å². The third-order valence-electron chi connectivity index (χ3n) is 3.14. The highest BCUT2D eigenvalue weighted by Crippen LogP contribution is 2.37. The van der Waals surface area contributed by atoms with Crippen molar-refractivity contribution in [2.24, 2.45) is 0 Å². The van der Waals surface area contributed by atoms with Crippen molar-refractivity contribution < 1.29 is 24.9 Å². The molecule has 0 bridgehead atoms. The average Bonchev–Trinajstić information content (AvgIpc) is 2.96. The fourth-order valence-corrected chi connectivity index (χ4v) is 3.06. The van der Waals surface area contributed by atoms with Gasteiger partial charge in [-0.2, -0.15) is 0 Å². The van der Waals surface area contributed by atoms with E-state index in [1.165, 1.54) is 31.4 Å². The molecular weight excluding hydrogens is 306 g/mol. The fourth-order valence-electron chi connectivity index (χ4n) is 2.02. The van der Waals surface area contributed by atoms with E-state index in [4.69, 9.17) is 4.74 Å². The summed E-state index contributed by atoms with van der Waals surface area (Å²) in [5.41, 5.74) is 0.475. The molecular formula is C15H11NO5S. The lowest BCUT2D eigenvalue weighted by Gasteiger charge is -2.00. The van der Waals surface area contributed by atoms with Crippen LogP contribution < -0.4 is 4.74 Å². The van der Waals surface area contributed by atoms with Crippen LogP contribution in [0.2, 0.25) is 0 Å². The lowest BCUT2D eigenvalue weighted by Crippen LogP contribution is -1.99. The summed E-state index contributed by atoms with van der Waals surface area (Å²) >= 11 is 1.09. The first-order valence-corrected chi connectivity index (χ1v) is 7.06. The minimum Gasteiger partial charge on any atom is -0.506 e. The third kappa shape index (κ3) is 2.21. The number of hydrogen-bond donors (Lipinski definition) is 3. The van der Waals surface area contributed by atoms with Gasteiger partial charge in [0.15, 0.2) is 16.5 Å². The molecule has 1 heterocycles. The van der Waals surface area contributed by atoms with Crippen molar-refractivity contribution in [3.05, 3.63) is 40.9 Å². The van der Waals surface area contributed by atoms with Crippen molar-refractivity contribution in [1.29, 1.82) is 0 Å². The smallest absolute Gasteiger partial charge is 0.221 e. The normalized spacial score (nSPS) is 10.8. The number of hydrogen-bond acceptors (Lipinski definition) is 7. The molecule has 22 heavy (non-hydrogen) atoms. The van der Waals surface area contributed by atoms with Crippen LogP contribution in [-0.2, 0) is 0 Å². The van der Waals surface area contributed by atoms with Gasteiger partial charge in [-0.25, -0.2) is 4.98 Å². The van der Waals surface area contributed by atoms with Crippen LogP contribution in [0.25, 0.3) is 10.2 Å². The molecule has 0 aliphatic carbocycles. The summed E-state index contributed by atoms with van der Waals surface area (Å²) in [4.78, 5) is 16.6. The zero-order valence-corrected chi connectivity index (χ0v) is 12.2. The molecule has 0 radical (unpaired) electrons. The predicted molar refractivity (Wildman–Crippen MR) is 81.0 cm³/mol. The van der Waals surface area contributed by atoms with E-state index in [1.807, 2.05) is 0 Å². The van der Waals surface area contributed by atoms with Gasteiger partial charge in [0.05, 0.1) is 7.11 Å². The van der Waals surface area contributed by atoms with Crippen LogP contribution in [-0.4, -0.2) is 33.2 Å². The number of phenolic OH excluding ortho intramolecular Hbond substituents is 3. The summed E-state index contributed by atoms with van der Waals surface area (Å²) in [7, 11) is 1.49. The molecule has 112 valence electrons. The van der Waals surface area contributed by atoms with Gasteiger partial charge >= 0.3 is 0 Å². The SMILES string of the molecule is COc1ccc(O)c2nc(C(=O)c3ccc(O)c(O)c3)sc12. The van der Waals surface area contributed by atoms with Crippen molar-refractivity contribution in [3.63, 3.8) is 0 Å². The van der Waals surface area contributed by atoms with E-state index in [0.29, 0.717) is 10.4 Å². The Morgan fingerprint density at radius 2 is 1.82 bits per heavy atom. The van der Waals surface area contributed by atoms with E-state index in [2.05, 4.69) is 4.98 Å². The van der Waals surface area contributed by atoms with Crippen LogP contribution >= 0.6 is 11.3 Å². The number of aromatic nitrogens is 1. The summed E-state index contributed by atoms with van der Waals surface area (Å²) in [5.74, 6) is -0.636. The van der Waals surface area contributed by atoms with Gasteiger partial charge in [0.2, 0.25) is 5.78 Å². The lowest BCUT2D eigenvalue weighted by molar-refractivity contribution is 0.103. The highest BCUT2D eigenvalue weighted by atomic mass is 32.1. The molecule has 7 heteroatoms. The molecule has 0 spiro atoms. The highest BCUT2D eigenvalue weighted by molar-refractivity contribution is 7.20. The number of fused-ring (bicyclic) bond motifs is 1. The Balaban J connectivity index is 2.11. The number of nitrogens with zero attached hydrogens (tertiary/aromatic N) is 1. The number of methoxy groups -OCH3 is 1. The standard InChI is InChI=1S/C15H11NO5S/c1-21-11-5-4-9(18)12-14(11)22-15(16-12)13(20)7-2-3-8(17)10(19)6-7/h2-6,17-19H,1H3. The maximum atomic E-state index is 12.4. The van der Waals surface area contributed by atoms with Crippen molar-refractivity contribution in [2.75, 3.05) is 7.11 Å². The van der Waals surface area contributed by atoms with E-state index in [1.54, 1.807) is 6.07 Å². The van der Waals surface area contributed by atoms with Crippen molar-refractivity contribution >= 4 is 27.3 Å². The first-order chi connectivity index (χ1) is 10.5. The van der Waals surface area contributed by atoms with E-state index >= 15 is 0 Å². The highest BCUT2D eigenvalue weighted by Gasteiger charge is 2.19. The molecule has 3 rings (SSSR count). The second-order valence-corrected chi connectivity index (χ2v) is 5.52. The molecule has 1 aromatic heterocycles. The maximum Gasteiger partial charge on any atom is 0.221 e. The molecule has 0 aliphatic heterocycles. The van der Waals surface area contributed by atoms with Gasteiger partial charge in [-0.05, 0) is 30.3 Å². The second-order valence-electron chi connectivity index (χ2n) is 4.52. The van der Waals surface area contributed by atoms with Gasteiger partial charge in [0.25, 0.3) is 0 Å². The third-order valence-corrected chi connectivity index (χ3v) is 4.21. The Morgan fingerprint density at radius 3 is 2.50 bits per heavy atom. The molecule has 0 fully saturated rings. The number of benzene rings is 2. The minimum absolute atomic E-state index is 0.0420. The van der Waals surface area contributed by atoms with E-state index in [9.17, 15) is 20.1 Å². The monoisotopic (exact) mass is 317 g/mol. The topological polar surface area (TPSA) is 99.9 Å². The number of rotatable bonds is 3. The summed E-state index contributed by atoms with van der Waals surface area (Å²) in [6.45, 7) is 0. The van der Waals surface area contributed by atoms with E-state index in [0.717, 1.165) is 11.3 Å². The largest absolute Gasteiger partial charge is 0.506 e. The number of ether oxygens (including phenoxy) is 1. The van der Waals surface area contributed by atoms with Crippen LogP contribution in [0.5, 0.6) is 23.0 Å². The Bertz CT molecular complexity index is 887. The number of phenols is 3. The molecule has 3 N–H and O–H groups in total. The summed E-state index contributed by atoms with van der Waals surface area (Å²) in [6.07, 6.45) is 0. The van der Waals surface area contributed by atoms with E-state index in [-0.39, 0.29) is 33.3 Å². The van der Waals surface area contributed by atoms with Gasteiger partial charge in [-0.3, -0.25) is 4.79 Å². The zero-order valence-electron chi connectivity index (χ0n) is 11.4. The predicted octanol–water partition coefficient (Wildman–Crippen LogP) is 2.65. The molecule has 3 aromatic rings. The number of thiazole rings is 1. The van der Waals surface area contributed by atoms with Gasteiger partial charge < -0.3 is 20.1 Å². The minimum atomic E-state index is -0.419. The first-order valence-electron chi connectivity index (χ1n) is 6.24. The summed E-state index contributed by atoms with van der Waals surface area (Å²) in [6, 6.07) is 6.83. The molecule has 2 aromatic carbocycles. The molecule has 0 saturated carbocycles. The molecule has 6 nitrogen and oxygen atoms in total. The first kappa shape index (κ1) is 14.2. The molecule has 0 saturated heterocycles. The van der Waals surface area contributed by atoms with Crippen molar-refractivity contribution in [3.8, 4) is 23.0 Å². The number of carbonyl (C=O) groups excluding carboxylic acids is 1. The van der Waals surface area contributed by atoms with Crippen LogP contribution in [0.1, 0.15) is 15.4 Å². The molecule has 0 amide bonds. The molecule has 0 unspecified atom stereocenters. The van der Waals surface area contributed by atoms with Gasteiger partial charge in [0.1, 0.15) is 21.7 Å². The lowest BCUT2D eigenvalue weighted by atomic mass is 10.1. The second kappa shape index (κ2) is 5.19. The van der Waals surface area contributed by atoms with Crippen LogP contribution in [0.15, 0.2) is 30.3 Å². The molecule has 0 atom stereocenters. The van der Waals surface area contributed by atoms with Gasteiger partial charge in [-0.15, -0.1) is 11.3 Å². The quantitative estimate of drug-likeness (QED) is 0.507. The number of carbonyl (C=O) groups is 1. The van der Waals surface area contributed by atoms with Crippen LogP contribution in [0, 0.1) is 0 Å². The number of aromatic hydroxyl groups is 3. The number of ketones is 1. The zero-order chi connectivity index (χ0) is 15.9. The Hall–Kier alpha value is -2.80. The van der Waals surface area contributed by atoms with Crippen molar-refractivity contribution in [2.45, 2.75) is 0 Å². The maximum absolute atomic E-state index is 12.4. The van der Waals surface area contributed by atoms with Gasteiger partial charge in [0, 0.05) is 5.56 Å². The summed E-state index contributed by atoms with van der Waals surface area (Å²) in [5, 5.41) is 28.8. The van der Waals surface area contributed by atoms with Crippen LogP contribution in [0.3, 0.4) is 0 Å². The average molecular weight is 317 g/mol. The molecule has 0 aliphatic rings. The Labute approximate surface area is 128 Å². The van der Waals surface area contributed by atoms with Crippen molar-refractivity contribution in [1.82, 2.24) is 4.98 Å². The Kier molecular flexibility index (Phi) is 3.34. The Morgan fingerprint density at radius 1 is 1.09 bits per heavy atom.